The summed E-state index contributed by atoms with van der Waals surface area (Å²) in [7, 11) is 1.77. The van der Waals surface area contributed by atoms with Crippen LogP contribution in [-0.2, 0) is 21.5 Å². The van der Waals surface area contributed by atoms with Crippen LogP contribution in [0.25, 0.3) is 0 Å². The molecule has 0 saturated heterocycles. The standard InChI is InChI=1S/C25H34N2O2/c1-17(28)25(27-18(2)26)22-15-19(9-12-23(3,4)5)7-8-20(22)16-24(25)13-10-21(29-6)11-14-24/h7-8,15,21H,10-11,13-14,16H2,1-6H3,(H2,26,27). The van der Waals surface area contributed by atoms with Crippen LogP contribution in [0.3, 0.4) is 0 Å². The lowest BCUT2D eigenvalue weighted by Crippen LogP contribution is -2.50. The molecule has 3 rings (SSSR count). The van der Waals surface area contributed by atoms with Crippen LogP contribution in [0.5, 0.6) is 0 Å². The molecule has 0 aliphatic heterocycles. The lowest BCUT2D eigenvalue weighted by molar-refractivity contribution is -0.129. The minimum absolute atomic E-state index is 0.0675. The normalized spacial score (nSPS) is 29.3. The van der Waals surface area contributed by atoms with Gasteiger partial charge in [0.15, 0.2) is 11.3 Å². The first-order valence-corrected chi connectivity index (χ1v) is 10.6. The van der Waals surface area contributed by atoms with E-state index in [0.717, 1.165) is 43.2 Å². The molecule has 1 atom stereocenters. The Morgan fingerprint density at radius 2 is 1.90 bits per heavy atom. The number of hydrogen-bond donors (Lipinski definition) is 1. The number of benzene rings is 1. The summed E-state index contributed by atoms with van der Waals surface area (Å²) in [6.45, 7) is 9.73. The van der Waals surface area contributed by atoms with Gasteiger partial charge in [-0.2, -0.15) is 0 Å². The lowest BCUT2D eigenvalue weighted by Gasteiger charge is -2.46. The Morgan fingerprint density at radius 1 is 1.24 bits per heavy atom. The molecule has 29 heavy (non-hydrogen) atoms. The monoisotopic (exact) mass is 394 g/mol. The number of carbonyl (C=O) groups is 1. The van der Waals surface area contributed by atoms with Crippen molar-refractivity contribution in [1.29, 1.82) is 0 Å². The molecule has 1 aromatic carbocycles. The largest absolute Gasteiger partial charge is 0.388 e. The van der Waals surface area contributed by atoms with Gasteiger partial charge in [-0.25, -0.2) is 0 Å². The minimum atomic E-state index is -0.931. The highest BCUT2D eigenvalue weighted by Gasteiger charge is 2.61. The van der Waals surface area contributed by atoms with E-state index in [1.165, 1.54) is 5.56 Å². The van der Waals surface area contributed by atoms with Crippen molar-refractivity contribution >= 4 is 11.6 Å². The number of aliphatic imine (C=N–C) groups is 1. The van der Waals surface area contributed by atoms with Crippen LogP contribution in [0.15, 0.2) is 23.2 Å². The Bertz CT molecular complexity index is 886. The first-order valence-electron chi connectivity index (χ1n) is 10.6. The van der Waals surface area contributed by atoms with E-state index in [2.05, 4.69) is 50.8 Å². The van der Waals surface area contributed by atoms with Crippen LogP contribution in [-0.4, -0.2) is 24.8 Å². The molecule has 1 saturated carbocycles. The molecule has 2 N–H and O–H groups in total. The molecule has 4 heteroatoms. The van der Waals surface area contributed by atoms with E-state index in [-0.39, 0.29) is 22.7 Å². The van der Waals surface area contributed by atoms with E-state index in [4.69, 9.17) is 15.5 Å². The first kappa shape index (κ1) is 21.6. The Morgan fingerprint density at radius 3 is 2.41 bits per heavy atom. The SMILES string of the molecule is COC1CCC2(CC1)Cc1ccc(C#CC(C)(C)C)cc1C2(N=C(C)N)C(C)=O. The second kappa shape index (κ2) is 7.61. The molecule has 0 aromatic heterocycles. The molecule has 1 unspecified atom stereocenters. The lowest BCUT2D eigenvalue weighted by atomic mass is 9.60. The number of rotatable bonds is 3. The average molecular weight is 395 g/mol. The molecule has 1 aromatic rings. The zero-order chi connectivity index (χ0) is 21.4. The molecule has 2 aliphatic rings. The summed E-state index contributed by atoms with van der Waals surface area (Å²) in [5.74, 6) is 7.11. The van der Waals surface area contributed by atoms with Gasteiger partial charge in [-0.05, 0) is 90.0 Å². The highest BCUT2D eigenvalue weighted by Crippen LogP contribution is 2.60. The van der Waals surface area contributed by atoms with E-state index in [1.807, 2.05) is 0 Å². The van der Waals surface area contributed by atoms with Crippen LogP contribution in [0, 0.1) is 22.7 Å². The number of nitrogens with zero attached hydrogens (tertiary/aromatic N) is 1. The average Bonchev–Trinajstić information content (AvgIpc) is 2.89. The van der Waals surface area contributed by atoms with Crippen LogP contribution >= 0.6 is 0 Å². The number of carbonyl (C=O) groups excluding carboxylic acids is 1. The van der Waals surface area contributed by atoms with Gasteiger partial charge in [-0.15, -0.1) is 0 Å². The molecule has 0 amide bonds. The molecule has 156 valence electrons. The predicted octanol–water partition coefficient (Wildman–Crippen LogP) is 4.38. The molecule has 0 radical (unpaired) electrons. The maximum absolute atomic E-state index is 13.3. The summed E-state index contributed by atoms with van der Waals surface area (Å²) in [4.78, 5) is 18.2. The van der Waals surface area contributed by atoms with Gasteiger partial charge in [0.2, 0.25) is 0 Å². The number of nitrogens with two attached hydrogens (primary N) is 1. The Hall–Kier alpha value is -2.12. The molecular weight excluding hydrogens is 360 g/mol. The van der Waals surface area contributed by atoms with Crippen LogP contribution in [0.1, 0.15) is 77.0 Å². The predicted molar refractivity (Wildman–Crippen MR) is 118 cm³/mol. The summed E-state index contributed by atoms with van der Waals surface area (Å²) >= 11 is 0. The van der Waals surface area contributed by atoms with Crippen molar-refractivity contribution in [3.8, 4) is 11.8 Å². The van der Waals surface area contributed by atoms with Crippen molar-refractivity contribution in [1.82, 2.24) is 0 Å². The Labute approximate surface area is 175 Å². The fourth-order valence-corrected chi connectivity index (χ4v) is 5.19. The van der Waals surface area contributed by atoms with Crippen molar-refractivity contribution in [3.05, 3.63) is 34.9 Å². The van der Waals surface area contributed by atoms with Gasteiger partial charge in [0.1, 0.15) is 0 Å². The number of ether oxygens (including phenoxy) is 1. The molecule has 0 heterocycles. The zero-order valence-electron chi connectivity index (χ0n) is 18.7. The van der Waals surface area contributed by atoms with Crippen molar-refractivity contribution in [2.75, 3.05) is 7.11 Å². The number of fused-ring (bicyclic) bond motifs is 1. The summed E-state index contributed by atoms with van der Waals surface area (Å²) < 4.78 is 5.60. The van der Waals surface area contributed by atoms with Crippen LogP contribution in [0.2, 0.25) is 0 Å². The van der Waals surface area contributed by atoms with Crippen molar-refractivity contribution in [2.45, 2.75) is 78.4 Å². The van der Waals surface area contributed by atoms with E-state index in [9.17, 15) is 4.79 Å². The smallest absolute Gasteiger partial charge is 0.162 e. The summed E-state index contributed by atoms with van der Waals surface area (Å²) in [6, 6.07) is 6.29. The number of Topliss-reactive ketones (excluding diaryl/α,β-unsaturated/α-hetero) is 1. The fraction of sp³-hybridized carbons (Fsp3) is 0.600. The molecule has 0 bridgehead atoms. The van der Waals surface area contributed by atoms with Gasteiger partial charge in [0, 0.05) is 23.5 Å². The quantitative estimate of drug-likeness (QED) is 0.470. The molecule has 1 fully saturated rings. The minimum Gasteiger partial charge on any atom is -0.388 e. The Balaban J connectivity index is 2.18. The van der Waals surface area contributed by atoms with Crippen molar-refractivity contribution in [3.63, 3.8) is 0 Å². The molecule has 1 spiro atoms. The number of amidine groups is 1. The van der Waals surface area contributed by atoms with Gasteiger partial charge >= 0.3 is 0 Å². The maximum atomic E-state index is 13.3. The maximum Gasteiger partial charge on any atom is 0.162 e. The Kier molecular flexibility index (Phi) is 5.66. The third-order valence-electron chi connectivity index (χ3n) is 6.45. The molecule has 2 aliphatic carbocycles. The summed E-state index contributed by atoms with van der Waals surface area (Å²) in [6.07, 6.45) is 4.79. The van der Waals surface area contributed by atoms with Crippen LogP contribution < -0.4 is 5.73 Å². The van der Waals surface area contributed by atoms with E-state index in [0.29, 0.717) is 5.84 Å². The van der Waals surface area contributed by atoms with E-state index < -0.39 is 5.54 Å². The second-order valence-corrected chi connectivity index (χ2v) is 9.78. The highest BCUT2D eigenvalue weighted by atomic mass is 16.5. The van der Waals surface area contributed by atoms with E-state index >= 15 is 0 Å². The zero-order valence-corrected chi connectivity index (χ0v) is 18.7. The third kappa shape index (κ3) is 3.85. The van der Waals surface area contributed by atoms with Gasteiger partial charge in [-0.1, -0.05) is 17.9 Å². The number of ketones is 1. The number of methoxy groups -OCH3 is 1. The van der Waals surface area contributed by atoms with Gasteiger partial charge in [0.25, 0.3) is 0 Å². The topological polar surface area (TPSA) is 64.7 Å². The van der Waals surface area contributed by atoms with Crippen molar-refractivity contribution < 1.29 is 9.53 Å². The first-order chi connectivity index (χ1) is 13.5. The summed E-state index contributed by atoms with van der Waals surface area (Å²) in [5.41, 5.74) is 7.96. The second-order valence-electron chi connectivity index (χ2n) is 9.78. The summed E-state index contributed by atoms with van der Waals surface area (Å²) in [5, 5.41) is 0. The number of hydrogen-bond acceptors (Lipinski definition) is 3. The fourth-order valence-electron chi connectivity index (χ4n) is 5.19. The van der Waals surface area contributed by atoms with Gasteiger partial charge < -0.3 is 10.5 Å². The van der Waals surface area contributed by atoms with Gasteiger partial charge in [-0.3, -0.25) is 9.79 Å². The third-order valence-corrected chi connectivity index (χ3v) is 6.45. The molecular formula is C25H34N2O2. The molecule has 4 nitrogen and oxygen atoms in total. The van der Waals surface area contributed by atoms with E-state index in [1.54, 1.807) is 21.0 Å². The van der Waals surface area contributed by atoms with Crippen LogP contribution in [0.4, 0.5) is 0 Å². The van der Waals surface area contributed by atoms with Crippen molar-refractivity contribution in [2.24, 2.45) is 21.6 Å². The van der Waals surface area contributed by atoms with Gasteiger partial charge in [0.05, 0.1) is 11.9 Å². The highest BCUT2D eigenvalue weighted by molar-refractivity contribution is 5.94.